The van der Waals surface area contributed by atoms with Gasteiger partial charge in [0.1, 0.15) is 5.00 Å². The first kappa shape index (κ1) is 14.1. The lowest BCUT2D eigenvalue weighted by Crippen LogP contribution is -2.16. The Bertz CT molecular complexity index is 521. The fourth-order valence-electron chi connectivity index (χ4n) is 2.06. The van der Waals surface area contributed by atoms with Crippen molar-refractivity contribution in [1.82, 2.24) is 0 Å². The predicted molar refractivity (Wildman–Crippen MR) is 75.7 cm³/mol. The number of esters is 1. The van der Waals surface area contributed by atoms with Crippen molar-refractivity contribution in [3.63, 3.8) is 0 Å². The molecule has 2 atom stereocenters. The van der Waals surface area contributed by atoms with Gasteiger partial charge >= 0.3 is 5.97 Å². The molecule has 0 radical (unpaired) electrons. The van der Waals surface area contributed by atoms with E-state index in [0.29, 0.717) is 23.1 Å². The van der Waals surface area contributed by atoms with Crippen LogP contribution in [0.15, 0.2) is 0 Å². The molecule has 1 saturated carbocycles. The van der Waals surface area contributed by atoms with Gasteiger partial charge in [-0.15, -0.1) is 11.3 Å². The highest BCUT2D eigenvalue weighted by atomic mass is 32.1. The molecule has 0 unspecified atom stereocenters. The topological polar surface area (TPSA) is 55.4 Å². The molecule has 1 amide bonds. The van der Waals surface area contributed by atoms with Gasteiger partial charge in [-0.25, -0.2) is 4.79 Å². The van der Waals surface area contributed by atoms with Gasteiger partial charge in [-0.3, -0.25) is 4.79 Å². The molecule has 0 aliphatic heterocycles. The van der Waals surface area contributed by atoms with Gasteiger partial charge in [-0.1, -0.05) is 6.92 Å². The van der Waals surface area contributed by atoms with Crippen molar-refractivity contribution in [2.24, 2.45) is 11.8 Å². The molecule has 1 aromatic heterocycles. The van der Waals surface area contributed by atoms with E-state index >= 15 is 0 Å². The van der Waals surface area contributed by atoms with Crippen molar-refractivity contribution in [3.8, 4) is 0 Å². The van der Waals surface area contributed by atoms with Gasteiger partial charge in [0, 0.05) is 10.8 Å². The van der Waals surface area contributed by atoms with Crippen molar-refractivity contribution < 1.29 is 14.3 Å². The Morgan fingerprint density at radius 1 is 1.42 bits per heavy atom. The Morgan fingerprint density at radius 2 is 2.05 bits per heavy atom. The number of amides is 1. The molecule has 0 aromatic carbocycles. The SMILES string of the molecule is CCOC(=O)c1c(NC(=O)[C@@H]2C[C@@H]2C)sc(C)c1C. The summed E-state index contributed by atoms with van der Waals surface area (Å²) in [5.74, 6) is 0.203. The third-order valence-electron chi connectivity index (χ3n) is 3.55. The molecule has 1 aliphatic carbocycles. The van der Waals surface area contributed by atoms with Crippen LogP contribution in [0.4, 0.5) is 5.00 Å². The highest BCUT2D eigenvalue weighted by Gasteiger charge is 2.39. The molecule has 19 heavy (non-hydrogen) atoms. The number of aryl methyl sites for hydroxylation is 1. The third-order valence-corrected chi connectivity index (χ3v) is 4.67. The molecular formula is C14H19NO3S. The Kier molecular flexibility index (Phi) is 3.94. The zero-order valence-electron chi connectivity index (χ0n) is 11.7. The average Bonchev–Trinajstić information content (AvgIpc) is 2.99. The molecule has 1 fully saturated rings. The first-order chi connectivity index (χ1) is 8.95. The molecule has 1 aromatic rings. The summed E-state index contributed by atoms with van der Waals surface area (Å²) in [4.78, 5) is 25.0. The van der Waals surface area contributed by atoms with E-state index in [2.05, 4.69) is 12.2 Å². The van der Waals surface area contributed by atoms with Gasteiger partial charge in [-0.05, 0) is 38.7 Å². The number of ether oxygens (including phenoxy) is 1. The summed E-state index contributed by atoms with van der Waals surface area (Å²) in [6.45, 7) is 7.99. The van der Waals surface area contributed by atoms with Crippen molar-refractivity contribution in [3.05, 3.63) is 16.0 Å². The summed E-state index contributed by atoms with van der Waals surface area (Å²) in [6.07, 6.45) is 0.934. The third kappa shape index (κ3) is 2.81. The summed E-state index contributed by atoms with van der Waals surface area (Å²) in [6, 6.07) is 0. The number of hydrogen-bond donors (Lipinski definition) is 1. The summed E-state index contributed by atoms with van der Waals surface area (Å²) in [5.41, 5.74) is 1.40. The van der Waals surface area contributed by atoms with Gasteiger partial charge in [0.05, 0.1) is 12.2 Å². The van der Waals surface area contributed by atoms with Gasteiger partial charge in [0.25, 0.3) is 0 Å². The number of rotatable bonds is 4. The maximum absolute atomic E-state index is 12.0. The number of thiophene rings is 1. The quantitative estimate of drug-likeness (QED) is 0.863. The number of nitrogens with one attached hydrogen (secondary N) is 1. The van der Waals surface area contributed by atoms with E-state index in [1.807, 2.05) is 13.8 Å². The minimum absolute atomic E-state index is 0.0132. The van der Waals surface area contributed by atoms with Gasteiger partial charge in [0.2, 0.25) is 5.91 Å². The van der Waals surface area contributed by atoms with E-state index in [1.54, 1.807) is 6.92 Å². The lowest BCUT2D eigenvalue weighted by Gasteiger charge is -2.06. The molecule has 4 nitrogen and oxygen atoms in total. The van der Waals surface area contributed by atoms with E-state index in [1.165, 1.54) is 11.3 Å². The minimum Gasteiger partial charge on any atom is -0.462 e. The smallest absolute Gasteiger partial charge is 0.341 e. The van der Waals surface area contributed by atoms with Crippen LogP contribution >= 0.6 is 11.3 Å². The molecule has 0 spiro atoms. The Morgan fingerprint density at radius 3 is 2.58 bits per heavy atom. The van der Waals surface area contributed by atoms with Gasteiger partial charge < -0.3 is 10.1 Å². The summed E-state index contributed by atoms with van der Waals surface area (Å²) >= 11 is 1.44. The van der Waals surface area contributed by atoms with E-state index in [9.17, 15) is 9.59 Å². The summed E-state index contributed by atoms with van der Waals surface area (Å²) in [5, 5.41) is 3.51. The molecule has 0 saturated heterocycles. The van der Waals surface area contributed by atoms with Crippen LogP contribution in [0.3, 0.4) is 0 Å². The lowest BCUT2D eigenvalue weighted by molar-refractivity contribution is -0.117. The Balaban J connectivity index is 2.22. The average molecular weight is 281 g/mol. The van der Waals surface area contributed by atoms with Crippen LogP contribution < -0.4 is 5.32 Å². The molecule has 1 heterocycles. The van der Waals surface area contributed by atoms with Gasteiger partial charge in [0.15, 0.2) is 0 Å². The first-order valence-electron chi connectivity index (χ1n) is 6.53. The fraction of sp³-hybridized carbons (Fsp3) is 0.571. The number of carbonyl (C=O) groups is 2. The second kappa shape index (κ2) is 5.33. The molecule has 5 heteroatoms. The summed E-state index contributed by atoms with van der Waals surface area (Å²) in [7, 11) is 0. The number of anilines is 1. The highest BCUT2D eigenvalue weighted by Crippen LogP contribution is 2.40. The van der Waals surface area contributed by atoms with Crippen molar-refractivity contribution in [1.29, 1.82) is 0 Å². The standard InChI is InChI=1S/C14H19NO3S/c1-5-18-14(17)11-8(3)9(4)19-13(11)15-12(16)10-6-7(10)2/h7,10H,5-6H2,1-4H3,(H,15,16)/t7-,10+/m0/s1. The predicted octanol–water partition coefficient (Wildman–Crippen LogP) is 3.14. The van der Waals surface area contributed by atoms with E-state index in [0.717, 1.165) is 16.9 Å². The maximum atomic E-state index is 12.0. The van der Waals surface area contributed by atoms with E-state index in [4.69, 9.17) is 4.74 Å². The molecule has 104 valence electrons. The maximum Gasteiger partial charge on any atom is 0.341 e. The number of carbonyl (C=O) groups excluding carboxylic acids is 2. The summed E-state index contributed by atoms with van der Waals surface area (Å²) < 4.78 is 5.06. The second-order valence-corrected chi connectivity index (χ2v) is 6.24. The van der Waals surface area contributed by atoms with Crippen LogP contribution in [0, 0.1) is 25.7 Å². The molecule has 1 N–H and O–H groups in total. The van der Waals surface area contributed by atoms with Crippen molar-refractivity contribution in [2.75, 3.05) is 11.9 Å². The van der Waals surface area contributed by atoms with Crippen LogP contribution in [0.5, 0.6) is 0 Å². The van der Waals surface area contributed by atoms with Crippen LogP contribution in [0.25, 0.3) is 0 Å². The second-order valence-electron chi connectivity index (χ2n) is 5.02. The first-order valence-corrected chi connectivity index (χ1v) is 7.35. The normalized spacial score (nSPS) is 21.1. The zero-order valence-corrected chi connectivity index (χ0v) is 12.5. The van der Waals surface area contributed by atoms with Crippen LogP contribution in [0.2, 0.25) is 0 Å². The van der Waals surface area contributed by atoms with Crippen LogP contribution in [-0.4, -0.2) is 18.5 Å². The Hall–Kier alpha value is -1.36. The Labute approximate surface area is 117 Å². The molecule has 1 aliphatic rings. The molecule has 0 bridgehead atoms. The molecular weight excluding hydrogens is 262 g/mol. The minimum atomic E-state index is -0.358. The highest BCUT2D eigenvalue weighted by molar-refractivity contribution is 7.16. The van der Waals surface area contributed by atoms with Crippen molar-refractivity contribution >= 4 is 28.2 Å². The van der Waals surface area contributed by atoms with E-state index in [-0.39, 0.29) is 17.8 Å². The van der Waals surface area contributed by atoms with Crippen LogP contribution in [-0.2, 0) is 9.53 Å². The fourth-order valence-corrected chi connectivity index (χ4v) is 3.11. The monoisotopic (exact) mass is 281 g/mol. The van der Waals surface area contributed by atoms with Crippen LogP contribution in [0.1, 0.15) is 41.1 Å². The van der Waals surface area contributed by atoms with Gasteiger partial charge in [-0.2, -0.15) is 0 Å². The molecule has 2 rings (SSSR count). The lowest BCUT2D eigenvalue weighted by atomic mass is 10.1. The van der Waals surface area contributed by atoms with Crippen molar-refractivity contribution in [2.45, 2.75) is 34.1 Å². The van der Waals surface area contributed by atoms with E-state index < -0.39 is 0 Å². The zero-order chi connectivity index (χ0) is 14.2. The largest absolute Gasteiger partial charge is 0.462 e. The number of hydrogen-bond acceptors (Lipinski definition) is 4.